The lowest BCUT2D eigenvalue weighted by atomic mass is 10.2. The van der Waals surface area contributed by atoms with Gasteiger partial charge in [-0.3, -0.25) is 9.36 Å². The summed E-state index contributed by atoms with van der Waals surface area (Å²) in [5.41, 5.74) is 6.43. The summed E-state index contributed by atoms with van der Waals surface area (Å²) >= 11 is 0. The summed E-state index contributed by atoms with van der Waals surface area (Å²) in [5, 5.41) is 13.6. The van der Waals surface area contributed by atoms with Crippen molar-refractivity contribution in [3.8, 4) is 5.69 Å². The maximum Gasteiger partial charge on any atom is 0.352 e. The minimum absolute atomic E-state index is 0.0195. The van der Waals surface area contributed by atoms with Crippen molar-refractivity contribution in [2.24, 2.45) is 0 Å². The maximum atomic E-state index is 12.4. The maximum absolute atomic E-state index is 12.4. The Bertz CT molecular complexity index is 781. The Kier molecular flexibility index (Phi) is 4.74. The van der Waals surface area contributed by atoms with E-state index >= 15 is 0 Å². The Morgan fingerprint density at radius 3 is 2.77 bits per heavy atom. The van der Waals surface area contributed by atoms with Crippen LogP contribution in [0.15, 0.2) is 34.0 Å². The van der Waals surface area contributed by atoms with Crippen LogP contribution in [-0.2, 0) is 11.3 Å². The molecule has 0 spiro atoms. The van der Waals surface area contributed by atoms with Gasteiger partial charge in [0.25, 0.3) is 5.56 Å². The lowest BCUT2D eigenvalue weighted by Crippen LogP contribution is -2.43. The van der Waals surface area contributed by atoms with Crippen molar-refractivity contribution in [2.75, 3.05) is 19.5 Å². The fourth-order valence-corrected chi connectivity index (χ4v) is 2.00. The molecule has 0 amide bonds. The minimum atomic E-state index is -0.964. The molecule has 0 radical (unpaired) electrons. The number of hydrogen-bond acceptors (Lipinski definition) is 6. The SMILES string of the molecule is COC[C@H](O)Cn1c(=O)cnn(-c2ccc(C)c(N)c2)c1=O. The molecule has 0 saturated carbocycles. The normalized spacial score (nSPS) is 12.3. The van der Waals surface area contributed by atoms with Crippen LogP contribution in [0.1, 0.15) is 5.56 Å². The molecule has 1 aromatic carbocycles. The van der Waals surface area contributed by atoms with Crippen molar-refractivity contribution < 1.29 is 9.84 Å². The lowest BCUT2D eigenvalue weighted by molar-refractivity contribution is 0.0519. The third-order valence-electron chi connectivity index (χ3n) is 3.22. The zero-order valence-corrected chi connectivity index (χ0v) is 12.4. The van der Waals surface area contributed by atoms with Gasteiger partial charge in [-0.25, -0.2) is 4.79 Å². The van der Waals surface area contributed by atoms with Crippen LogP contribution in [0.4, 0.5) is 5.69 Å². The number of anilines is 1. The largest absolute Gasteiger partial charge is 0.398 e. The molecule has 0 unspecified atom stereocenters. The molecule has 22 heavy (non-hydrogen) atoms. The number of nitrogens with two attached hydrogens (primary N) is 1. The quantitative estimate of drug-likeness (QED) is 0.706. The van der Waals surface area contributed by atoms with E-state index in [2.05, 4.69) is 5.10 Å². The van der Waals surface area contributed by atoms with E-state index < -0.39 is 17.4 Å². The Morgan fingerprint density at radius 2 is 2.14 bits per heavy atom. The number of nitrogen functional groups attached to an aromatic ring is 1. The van der Waals surface area contributed by atoms with Gasteiger partial charge < -0.3 is 15.6 Å². The fourth-order valence-electron chi connectivity index (χ4n) is 2.00. The Balaban J connectivity index is 2.48. The third kappa shape index (κ3) is 3.23. The van der Waals surface area contributed by atoms with Crippen molar-refractivity contribution in [1.29, 1.82) is 0 Å². The topological polar surface area (TPSA) is 112 Å². The standard InChI is InChI=1S/C14H18N4O4/c1-9-3-4-10(5-12(9)15)18-14(21)17(13(20)6-16-18)7-11(19)8-22-2/h3-6,11,19H,7-8,15H2,1-2H3/t11-/m1/s1. The number of aryl methyl sites for hydroxylation is 1. The lowest BCUT2D eigenvalue weighted by Gasteiger charge is -2.13. The number of nitrogens with zero attached hydrogens (tertiary/aromatic N) is 3. The van der Waals surface area contributed by atoms with Gasteiger partial charge in [-0.05, 0) is 24.6 Å². The molecular weight excluding hydrogens is 288 g/mol. The molecule has 8 nitrogen and oxygen atoms in total. The van der Waals surface area contributed by atoms with Crippen LogP contribution in [-0.4, -0.2) is 39.3 Å². The second-order valence-corrected chi connectivity index (χ2v) is 4.94. The van der Waals surface area contributed by atoms with E-state index in [1.54, 1.807) is 18.2 Å². The van der Waals surface area contributed by atoms with Crippen LogP contribution in [0.25, 0.3) is 5.69 Å². The summed E-state index contributed by atoms with van der Waals surface area (Å²) in [6.45, 7) is 1.69. The minimum Gasteiger partial charge on any atom is -0.398 e. The molecule has 2 rings (SSSR count). The van der Waals surface area contributed by atoms with E-state index in [0.717, 1.165) is 21.0 Å². The van der Waals surface area contributed by atoms with E-state index in [1.807, 2.05) is 6.92 Å². The van der Waals surface area contributed by atoms with Gasteiger partial charge in [0.2, 0.25) is 0 Å². The number of ether oxygens (including phenoxy) is 1. The Labute approximate surface area is 126 Å². The van der Waals surface area contributed by atoms with Gasteiger partial charge in [-0.2, -0.15) is 9.78 Å². The van der Waals surface area contributed by atoms with Crippen molar-refractivity contribution in [1.82, 2.24) is 14.3 Å². The Morgan fingerprint density at radius 1 is 1.41 bits per heavy atom. The van der Waals surface area contributed by atoms with E-state index in [-0.39, 0.29) is 13.2 Å². The van der Waals surface area contributed by atoms with Crippen LogP contribution in [0, 0.1) is 6.92 Å². The number of aliphatic hydroxyl groups is 1. The molecule has 0 aliphatic heterocycles. The van der Waals surface area contributed by atoms with Crippen LogP contribution in [0.3, 0.4) is 0 Å². The zero-order chi connectivity index (χ0) is 16.3. The van der Waals surface area contributed by atoms with Gasteiger partial charge in [0.1, 0.15) is 6.20 Å². The van der Waals surface area contributed by atoms with Gasteiger partial charge in [0.05, 0.1) is 24.9 Å². The van der Waals surface area contributed by atoms with Crippen LogP contribution in [0.5, 0.6) is 0 Å². The molecule has 1 aromatic heterocycles. The van der Waals surface area contributed by atoms with Crippen LogP contribution >= 0.6 is 0 Å². The smallest absolute Gasteiger partial charge is 0.352 e. The number of methoxy groups -OCH3 is 1. The number of rotatable bonds is 5. The number of aromatic nitrogens is 3. The molecule has 0 fully saturated rings. The summed E-state index contributed by atoms with van der Waals surface area (Å²) in [6, 6.07) is 5.04. The predicted octanol–water partition coefficient (Wildman–Crippen LogP) is -0.708. The summed E-state index contributed by atoms with van der Waals surface area (Å²) in [5.74, 6) is 0. The molecule has 3 N–H and O–H groups in total. The van der Waals surface area contributed by atoms with Crippen molar-refractivity contribution >= 4 is 5.69 Å². The number of benzene rings is 1. The highest BCUT2D eigenvalue weighted by molar-refractivity contribution is 5.52. The Hall–Kier alpha value is -2.45. The first kappa shape index (κ1) is 15.9. The summed E-state index contributed by atoms with van der Waals surface area (Å²) in [6.07, 6.45) is 0.0612. The average molecular weight is 306 g/mol. The van der Waals surface area contributed by atoms with Gasteiger partial charge in [0.15, 0.2) is 0 Å². The van der Waals surface area contributed by atoms with Crippen molar-refractivity contribution in [3.63, 3.8) is 0 Å². The van der Waals surface area contributed by atoms with Gasteiger partial charge in [0, 0.05) is 12.8 Å². The van der Waals surface area contributed by atoms with Crippen molar-refractivity contribution in [3.05, 3.63) is 50.8 Å². The monoisotopic (exact) mass is 306 g/mol. The average Bonchev–Trinajstić information content (AvgIpc) is 2.47. The molecule has 0 bridgehead atoms. The van der Waals surface area contributed by atoms with Gasteiger partial charge in [-0.1, -0.05) is 6.07 Å². The van der Waals surface area contributed by atoms with E-state index in [4.69, 9.17) is 10.5 Å². The van der Waals surface area contributed by atoms with E-state index in [0.29, 0.717) is 11.4 Å². The highest BCUT2D eigenvalue weighted by Gasteiger charge is 2.13. The second-order valence-electron chi connectivity index (χ2n) is 4.94. The van der Waals surface area contributed by atoms with Gasteiger partial charge in [-0.15, -0.1) is 0 Å². The van der Waals surface area contributed by atoms with E-state index in [9.17, 15) is 14.7 Å². The number of aliphatic hydroxyl groups excluding tert-OH is 1. The van der Waals surface area contributed by atoms with E-state index in [1.165, 1.54) is 7.11 Å². The predicted molar refractivity (Wildman–Crippen MR) is 81.1 cm³/mol. The molecule has 1 heterocycles. The first-order chi connectivity index (χ1) is 10.4. The van der Waals surface area contributed by atoms with Crippen molar-refractivity contribution in [2.45, 2.75) is 19.6 Å². The molecule has 0 aliphatic rings. The highest BCUT2D eigenvalue weighted by Crippen LogP contribution is 2.14. The fraction of sp³-hybridized carbons (Fsp3) is 0.357. The van der Waals surface area contributed by atoms with Crippen LogP contribution in [0.2, 0.25) is 0 Å². The van der Waals surface area contributed by atoms with Gasteiger partial charge >= 0.3 is 5.69 Å². The zero-order valence-electron chi connectivity index (χ0n) is 12.4. The van der Waals surface area contributed by atoms with Crippen LogP contribution < -0.4 is 17.0 Å². The first-order valence-electron chi connectivity index (χ1n) is 6.66. The summed E-state index contributed by atoms with van der Waals surface area (Å²) in [4.78, 5) is 24.2. The molecule has 0 aliphatic carbocycles. The molecule has 0 saturated heterocycles. The third-order valence-corrected chi connectivity index (χ3v) is 3.22. The molecule has 2 aromatic rings. The summed E-state index contributed by atoms with van der Waals surface area (Å²) in [7, 11) is 1.42. The second kappa shape index (κ2) is 6.54. The first-order valence-corrected chi connectivity index (χ1v) is 6.66. The summed E-state index contributed by atoms with van der Waals surface area (Å²) < 4.78 is 6.77. The highest BCUT2D eigenvalue weighted by atomic mass is 16.5. The molecular formula is C14H18N4O4. The molecule has 8 heteroatoms. The molecule has 118 valence electrons. The number of hydrogen-bond donors (Lipinski definition) is 2. The molecule has 1 atom stereocenters.